The van der Waals surface area contributed by atoms with Crippen molar-refractivity contribution in [2.75, 3.05) is 7.05 Å². The van der Waals surface area contributed by atoms with Crippen LogP contribution in [0.2, 0.25) is 10.0 Å². The second-order valence-corrected chi connectivity index (χ2v) is 8.21. The summed E-state index contributed by atoms with van der Waals surface area (Å²) in [5, 5.41) is 5.02. The number of rotatable bonds is 6. The van der Waals surface area contributed by atoms with Crippen LogP contribution in [0.4, 0.5) is 0 Å². The van der Waals surface area contributed by atoms with Gasteiger partial charge >= 0.3 is 0 Å². The van der Waals surface area contributed by atoms with E-state index in [1.165, 1.54) is 11.8 Å². The maximum absolute atomic E-state index is 12.6. The van der Waals surface area contributed by atoms with Crippen LogP contribution in [0.15, 0.2) is 57.9 Å². The van der Waals surface area contributed by atoms with Gasteiger partial charge in [0.25, 0.3) is 0 Å². The smallest absolute Gasteiger partial charge is 0.246 e. The van der Waals surface area contributed by atoms with E-state index in [0.717, 1.165) is 10.5 Å². The van der Waals surface area contributed by atoms with Crippen molar-refractivity contribution >= 4 is 40.9 Å². The number of thioether (sulfide) groups is 1. The minimum Gasteiger partial charge on any atom is -0.337 e. The van der Waals surface area contributed by atoms with Gasteiger partial charge in [0, 0.05) is 27.6 Å². The molecule has 0 aliphatic carbocycles. The Kier molecular flexibility index (Phi) is 6.42. The second-order valence-electron chi connectivity index (χ2n) is 5.93. The highest BCUT2D eigenvalue weighted by molar-refractivity contribution is 8.00. The van der Waals surface area contributed by atoms with Crippen molar-refractivity contribution < 1.29 is 9.32 Å². The zero-order chi connectivity index (χ0) is 19.4. The first-order valence-electron chi connectivity index (χ1n) is 8.18. The Bertz CT molecular complexity index is 913. The Labute approximate surface area is 171 Å². The van der Waals surface area contributed by atoms with Crippen molar-refractivity contribution in [3.05, 3.63) is 64.5 Å². The van der Waals surface area contributed by atoms with E-state index in [4.69, 9.17) is 27.7 Å². The fourth-order valence-corrected chi connectivity index (χ4v) is 3.63. The van der Waals surface area contributed by atoms with Crippen molar-refractivity contribution in [3.63, 3.8) is 0 Å². The number of hydrogen-bond donors (Lipinski definition) is 0. The molecule has 27 heavy (non-hydrogen) atoms. The summed E-state index contributed by atoms with van der Waals surface area (Å²) in [6.07, 6.45) is 0. The Balaban J connectivity index is 1.60. The molecule has 0 aliphatic rings. The minimum atomic E-state index is -0.255. The summed E-state index contributed by atoms with van der Waals surface area (Å²) in [7, 11) is 1.72. The van der Waals surface area contributed by atoms with E-state index in [1.807, 2.05) is 43.3 Å². The van der Waals surface area contributed by atoms with E-state index >= 15 is 0 Å². The molecule has 0 aliphatic heterocycles. The van der Waals surface area contributed by atoms with Gasteiger partial charge in [-0.15, -0.1) is 11.8 Å². The molecule has 0 radical (unpaired) electrons. The molecule has 2 aromatic carbocycles. The van der Waals surface area contributed by atoms with Crippen LogP contribution in [0, 0.1) is 0 Å². The molecular weight excluding hydrogens is 405 g/mol. The molecule has 0 unspecified atom stereocenters. The number of benzene rings is 2. The van der Waals surface area contributed by atoms with Gasteiger partial charge in [-0.2, -0.15) is 4.98 Å². The zero-order valence-corrected chi connectivity index (χ0v) is 17.1. The Hall–Kier alpha value is -2.02. The first-order valence-corrected chi connectivity index (χ1v) is 9.81. The second kappa shape index (κ2) is 8.78. The maximum Gasteiger partial charge on any atom is 0.246 e. The van der Waals surface area contributed by atoms with Gasteiger partial charge in [0.15, 0.2) is 0 Å². The standard InChI is InChI=1S/C19H17Cl2N3O2S/c1-12(27-16-9-7-15(21)8-10-16)19(25)24(2)11-17-22-18(23-26-17)13-3-5-14(20)6-4-13/h3-10,12H,11H2,1-2H3/t12-/m1/s1. The molecule has 8 heteroatoms. The average molecular weight is 422 g/mol. The number of amides is 1. The number of aromatic nitrogens is 2. The van der Waals surface area contributed by atoms with Crippen LogP contribution >= 0.6 is 35.0 Å². The van der Waals surface area contributed by atoms with E-state index in [2.05, 4.69) is 10.1 Å². The molecule has 3 aromatic rings. The topological polar surface area (TPSA) is 59.2 Å². The number of carbonyl (C=O) groups excluding carboxylic acids is 1. The van der Waals surface area contributed by atoms with Crippen LogP contribution in [-0.4, -0.2) is 33.2 Å². The number of hydrogen-bond acceptors (Lipinski definition) is 5. The van der Waals surface area contributed by atoms with E-state index in [9.17, 15) is 4.79 Å². The predicted molar refractivity (Wildman–Crippen MR) is 108 cm³/mol. The minimum absolute atomic E-state index is 0.0267. The lowest BCUT2D eigenvalue weighted by Gasteiger charge is -2.19. The van der Waals surface area contributed by atoms with Gasteiger partial charge in [-0.25, -0.2) is 0 Å². The summed E-state index contributed by atoms with van der Waals surface area (Å²) in [6, 6.07) is 14.6. The van der Waals surface area contributed by atoms with E-state index in [-0.39, 0.29) is 17.7 Å². The summed E-state index contributed by atoms with van der Waals surface area (Å²) in [4.78, 5) is 19.5. The van der Waals surface area contributed by atoms with Crippen molar-refractivity contribution in [2.24, 2.45) is 0 Å². The number of nitrogens with zero attached hydrogens (tertiary/aromatic N) is 3. The molecule has 0 spiro atoms. The van der Waals surface area contributed by atoms with Crippen LogP contribution in [0.5, 0.6) is 0 Å². The molecule has 140 valence electrons. The molecule has 1 heterocycles. The lowest BCUT2D eigenvalue weighted by molar-refractivity contribution is -0.129. The third-order valence-corrected chi connectivity index (χ3v) is 5.40. The van der Waals surface area contributed by atoms with Gasteiger partial charge in [0.1, 0.15) is 0 Å². The number of carbonyl (C=O) groups is 1. The highest BCUT2D eigenvalue weighted by Crippen LogP contribution is 2.26. The van der Waals surface area contributed by atoms with E-state index in [0.29, 0.717) is 21.8 Å². The third-order valence-electron chi connectivity index (χ3n) is 3.79. The highest BCUT2D eigenvalue weighted by atomic mass is 35.5. The van der Waals surface area contributed by atoms with E-state index in [1.54, 1.807) is 24.1 Å². The van der Waals surface area contributed by atoms with Crippen LogP contribution in [0.1, 0.15) is 12.8 Å². The molecule has 0 N–H and O–H groups in total. The van der Waals surface area contributed by atoms with Crippen molar-refractivity contribution in [1.29, 1.82) is 0 Å². The van der Waals surface area contributed by atoms with Crippen LogP contribution in [-0.2, 0) is 11.3 Å². The largest absolute Gasteiger partial charge is 0.337 e. The van der Waals surface area contributed by atoms with Gasteiger partial charge in [-0.1, -0.05) is 28.4 Å². The predicted octanol–water partition coefficient (Wildman–Crippen LogP) is 5.18. The summed E-state index contributed by atoms with van der Waals surface area (Å²) in [6.45, 7) is 2.11. The number of halogens is 2. The summed E-state index contributed by atoms with van der Waals surface area (Å²) in [5.74, 6) is 0.812. The normalized spacial score (nSPS) is 12.0. The Morgan fingerprint density at radius 1 is 1.11 bits per heavy atom. The lowest BCUT2D eigenvalue weighted by Crippen LogP contribution is -2.32. The average Bonchev–Trinajstić information content (AvgIpc) is 3.12. The van der Waals surface area contributed by atoms with Crippen LogP contribution in [0.3, 0.4) is 0 Å². The molecule has 0 bridgehead atoms. The molecule has 0 saturated heterocycles. The Morgan fingerprint density at radius 2 is 1.70 bits per heavy atom. The zero-order valence-electron chi connectivity index (χ0n) is 14.7. The van der Waals surface area contributed by atoms with Gasteiger partial charge in [0.05, 0.1) is 11.8 Å². The van der Waals surface area contributed by atoms with Crippen LogP contribution < -0.4 is 0 Å². The van der Waals surface area contributed by atoms with Gasteiger partial charge < -0.3 is 9.42 Å². The highest BCUT2D eigenvalue weighted by Gasteiger charge is 2.21. The fourth-order valence-electron chi connectivity index (χ4n) is 2.39. The SMILES string of the molecule is C[C@@H](Sc1ccc(Cl)cc1)C(=O)N(C)Cc1nc(-c2ccc(Cl)cc2)no1. The molecule has 0 saturated carbocycles. The maximum atomic E-state index is 12.6. The molecule has 1 atom stereocenters. The molecule has 5 nitrogen and oxygen atoms in total. The van der Waals surface area contributed by atoms with Gasteiger partial charge in [-0.05, 0) is 55.5 Å². The summed E-state index contributed by atoms with van der Waals surface area (Å²) >= 11 is 13.3. The molecule has 1 amide bonds. The summed E-state index contributed by atoms with van der Waals surface area (Å²) in [5.41, 5.74) is 0.801. The van der Waals surface area contributed by atoms with Crippen molar-refractivity contribution in [2.45, 2.75) is 23.6 Å². The fraction of sp³-hybridized carbons (Fsp3) is 0.211. The third kappa shape index (κ3) is 5.25. The van der Waals surface area contributed by atoms with Gasteiger partial charge in [0.2, 0.25) is 17.6 Å². The lowest BCUT2D eigenvalue weighted by atomic mass is 10.2. The first-order chi connectivity index (χ1) is 12.9. The summed E-state index contributed by atoms with van der Waals surface area (Å²) < 4.78 is 5.27. The van der Waals surface area contributed by atoms with E-state index < -0.39 is 0 Å². The van der Waals surface area contributed by atoms with Crippen LogP contribution in [0.25, 0.3) is 11.4 Å². The quantitative estimate of drug-likeness (QED) is 0.512. The monoisotopic (exact) mass is 421 g/mol. The van der Waals surface area contributed by atoms with Crippen molar-refractivity contribution in [3.8, 4) is 11.4 Å². The van der Waals surface area contributed by atoms with Gasteiger partial charge in [-0.3, -0.25) is 4.79 Å². The first kappa shape index (κ1) is 19.7. The molecule has 0 fully saturated rings. The molecule has 1 aromatic heterocycles. The Morgan fingerprint density at radius 3 is 2.33 bits per heavy atom. The molecule has 3 rings (SSSR count). The van der Waals surface area contributed by atoms with Crippen molar-refractivity contribution in [1.82, 2.24) is 15.0 Å². The molecular formula is C19H17Cl2N3O2S.